The van der Waals surface area contributed by atoms with Crippen molar-refractivity contribution in [3.63, 3.8) is 0 Å². The first-order valence-electron chi connectivity index (χ1n) is 5.55. The molecule has 5 nitrogen and oxygen atoms in total. The van der Waals surface area contributed by atoms with Crippen molar-refractivity contribution in [2.45, 2.75) is 32.2 Å². The molecule has 80 valence electrons. The van der Waals surface area contributed by atoms with Gasteiger partial charge >= 0.3 is 0 Å². The number of hydrogen-bond donors (Lipinski definition) is 0. The van der Waals surface area contributed by atoms with Crippen LogP contribution in [0.3, 0.4) is 0 Å². The number of aryl methyl sites for hydroxylation is 1. The minimum atomic E-state index is 0.244. The molecule has 1 aliphatic heterocycles. The van der Waals surface area contributed by atoms with Crippen molar-refractivity contribution >= 4 is 11.9 Å². The summed E-state index contributed by atoms with van der Waals surface area (Å²) >= 11 is 0. The maximum absolute atomic E-state index is 12.1. The predicted octanol–water partition coefficient (Wildman–Crippen LogP) is 0.815. The Morgan fingerprint density at radius 2 is 2.20 bits per heavy atom. The first-order chi connectivity index (χ1) is 7.36. The van der Waals surface area contributed by atoms with Gasteiger partial charge in [0.1, 0.15) is 6.33 Å². The average Bonchev–Trinajstić information content (AvgIpc) is 2.61. The zero-order chi connectivity index (χ0) is 10.3. The molecule has 0 bridgehead atoms. The van der Waals surface area contributed by atoms with E-state index >= 15 is 0 Å². The van der Waals surface area contributed by atoms with Crippen molar-refractivity contribution in [1.82, 2.24) is 14.8 Å². The summed E-state index contributed by atoms with van der Waals surface area (Å²) < 4.78 is 1.82. The fourth-order valence-corrected chi connectivity index (χ4v) is 2.19. The summed E-state index contributed by atoms with van der Waals surface area (Å²) in [6, 6.07) is 0. The molecule has 1 fully saturated rings. The first kappa shape index (κ1) is 8.88. The van der Waals surface area contributed by atoms with Gasteiger partial charge in [-0.2, -0.15) is 10.1 Å². The molecule has 1 amide bonds. The van der Waals surface area contributed by atoms with Crippen molar-refractivity contribution in [3.05, 3.63) is 6.33 Å². The molecule has 0 aromatic carbocycles. The van der Waals surface area contributed by atoms with E-state index in [0.29, 0.717) is 0 Å². The summed E-state index contributed by atoms with van der Waals surface area (Å²) in [5, 5.41) is 4.10. The Hall–Kier alpha value is -1.39. The Morgan fingerprint density at radius 1 is 1.33 bits per heavy atom. The molecule has 1 aliphatic carbocycles. The molecule has 0 spiro atoms. The van der Waals surface area contributed by atoms with Gasteiger partial charge in [-0.15, -0.1) is 0 Å². The van der Waals surface area contributed by atoms with Gasteiger partial charge in [0.25, 0.3) is 0 Å². The summed E-state index contributed by atoms with van der Waals surface area (Å²) in [7, 11) is 0. The van der Waals surface area contributed by atoms with Gasteiger partial charge in [0.2, 0.25) is 11.9 Å². The maximum Gasteiger partial charge on any atom is 0.232 e. The zero-order valence-corrected chi connectivity index (χ0v) is 8.59. The van der Waals surface area contributed by atoms with Gasteiger partial charge in [0.15, 0.2) is 0 Å². The van der Waals surface area contributed by atoms with E-state index in [-0.39, 0.29) is 11.8 Å². The standard InChI is InChI=1S/C10H14N4O/c15-9(8-3-1-4-8)13-5-2-6-14-10(13)11-7-12-14/h7-8H,1-6H2. The molecule has 1 saturated carbocycles. The van der Waals surface area contributed by atoms with E-state index in [1.54, 1.807) is 4.90 Å². The number of nitrogens with zero attached hydrogens (tertiary/aromatic N) is 4. The van der Waals surface area contributed by atoms with Gasteiger partial charge in [-0.25, -0.2) is 4.68 Å². The van der Waals surface area contributed by atoms with E-state index in [2.05, 4.69) is 10.1 Å². The Kier molecular flexibility index (Phi) is 1.97. The second-order valence-electron chi connectivity index (χ2n) is 4.25. The van der Waals surface area contributed by atoms with Crippen molar-refractivity contribution < 1.29 is 4.79 Å². The third-order valence-corrected chi connectivity index (χ3v) is 3.31. The molecule has 0 saturated heterocycles. The molecule has 0 radical (unpaired) electrons. The van der Waals surface area contributed by atoms with Crippen LogP contribution in [0.25, 0.3) is 0 Å². The maximum atomic E-state index is 12.1. The van der Waals surface area contributed by atoms with E-state index < -0.39 is 0 Å². The van der Waals surface area contributed by atoms with Crippen LogP contribution in [0.5, 0.6) is 0 Å². The molecule has 1 aromatic rings. The van der Waals surface area contributed by atoms with Crippen molar-refractivity contribution in [1.29, 1.82) is 0 Å². The van der Waals surface area contributed by atoms with Crippen LogP contribution in [-0.2, 0) is 11.3 Å². The molecule has 5 heteroatoms. The molecule has 0 N–H and O–H groups in total. The fraction of sp³-hybridized carbons (Fsp3) is 0.700. The Bertz CT molecular complexity index is 383. The monoisotopic (exact) mass is 206 g/mol. The highest BCUT2D eigenvalue weighted by atomic mass is 16.2. The lowest BCUT2D eigenvalue weighted by Crippen LogP contribution is -2.43. The van der Waals surface area contributed by atoms with Gasteiger partial charge in [0, 0.05) is 19.0 Å². The molecule has 2 heterocycles. The van der Waals surface area contributed by atoms with E-state index in [1.165, 1.54) is 12.7 Å². The van der Waals surface area contributed by atoms with Gasteiger partial charge in [-0.1, -0.05) is 6.42 Å². The quantitative estimate of drug-likeness (QED) is 0.683. The van der Waals surface area contributed by atoms with Gasteiger partial charge in [-0.05, 0) is 19.3 Å². The Morgan fingerprint density at radius 3 is 2.93 bits per heavy atom. The molecular formula is C10H14N4O. The lowest BCUT2D eigenvalue weighted by Gasteiger charge is -2.32. The molecular weight excluding hydrogens is 192 g/mol. The molecule has 0 unspecified atom stereocenters. The molecule has 15 heavy (non-hydrogen) atoms. The number of rotatable bonds is 1. The number of amides is 1. The summed E-state index contributed by atoms with van der Waals surface area (Å²) in [4.78, 5) is 18.0. The minimum absolute atomic E-state index is 0.244. The normalized spacial score (nSPS) is 20.9. The van der Waals surface area contributed by atoms with E-state index in [0.717, 1.165) is 38.3 Å². The smallest absolute Gasteiger partial charge is 0.232 e. The van der Waals surface area contributed by atoms with E-state index in [1.807, 2.05) is 4.68 Å². The van der Waals surface area contributed by atoms with E-state index in [4.69, 9.17) is 0 Å². The number of anilines is 1. The second kappa shape index (κ2) is 3.32. The van der Waals surface area contributed by atoms with Gasteiger partial charge in [0.05, 0.1) is 0 Å². The summed E-state index contributed by atoms with van der Waals surface area (Å²) in [5.74, 6) is 1.22. The van der Waals surface area contributed by atoms with Gasteiger partial charge < -0.3 is 0 Å². The topological polar surface area (TPSA) is 51.0 Å². The second-order valence-corrected chi connectivity index (χ2v) is 4.25. The van der Waals surface area contributed by atoms with Crippen LogP contribution in [0, 0.1) is 5.92 Å². The lowest BCUT2D eigenvalue weighted by atomic mass is 9.84. The van der Waals surface area contributed by atoms with Crippen molar-refractivity contribution in [3.8, 4) is 0 Å². The number of carbonyl (C=O) groups excluding carboxylic acids is 1. The minimum Gasteiger partial charge on any atom is -0.281 e. The van der Waals surface area contributed by atoms with Crippen LogP contribution in [-0.4, -0.2) is 27.2 Å². The lowest BCUT2D eigenvalue weighted by molar-refractivity contribution is -0.125. The van der Waals surface area contributed by atoms with Crippen molar-refractivity contribution in [2.75, 3.05) is 11.4 Å². The number of carbonyl (C=O) groups is 1. The zero-order valence-electron chi connectivity index (χ0n) is 8.59. The van der Waals surface area contributed by atoms with Crippen LogP contribution >= 0.6 is 0 Å². The van der Waals surface area contributed by atoms with Crippen LogP contribution in [0.4, 0.5) is 5.95 Å². The number of hydrogen-bond acceptors (Lipinski definition) is 3. The highest BCUT2D eigenvalue weighted by Crippen LogP contribution is 2.30. The van der Waals surface area contributed by atoms with E-state index in [9.17, 15) is 4.79 Å². The largest absolute Gasteiger partial charge is 0.281 e. The third-order valence-electron chi connectivity index (χ3n) is 3.31. The summed E-state index contributed by atoms with van der Waals surface area (Å²) in [6.07, 6.45) is 5.79. The Labute approximate surface area is 88.1 Å². The predicted molar refractivity (Wildman–Crippen MR) is 54.3 cm³/mol. The van der Waals surface area contributed by atoms with Crippen LogP contribution in [0.2, 0.25) is 0 Å². The Balaban J connectivity index is 1.85. The van der Waals surface area contributed by atoms with Crippen LogP contribution in [0.1, 0.15) is 25.7 Å². The molecule has 0 atom stereocenters. The highest BCUT2D eigenvalue weighted by Gasteiger charge is 2.33. The average molecular weight is 206 g/mol. The SMILES string of the molecule is O=C(C1CCC1)N1CCCn2ncnc21. The molecule has 1 aromatic heterocycles. The number of fused-ring (bicyclic) bond motifs is 1. The fourth-order valence-electron chi connectivity index (χ4n) is 2.19. The van der Waals surface area contributed by atoms with Crippen LogP contribution < -0.4 is 4.90 Å². The summed E-state index contributed by atoms with van der Waals surface area (Å²) in [6.45, 7) is 1.68. The van der Waals surface area contributed by atoms with Crippen LogP contribution in [0.15, 0.2) is 6.33 Å². The number of aromatic nitrogens is 3. The first-order valence-corrected chi connectivity index (χ1v) is 5.55. The summed E-state index contributed by atoms with van der Waals surface area (Å²) in [5.41, 5.74) is 0. The molecule has 2 aliphatic rings. The van der Waals surface area contributed by atoms with Crippen molar-refractivity contribution in [2.24, 2.45) is 5.92 Å². The molecule has 3 rings (SSSR count). The van der Waals surface area contributed by atoms with Gasteiger partial charge in [-0.3, -0.25) is 9.69 Å². The third kappa shape index (κ3) is 1.33. The highest BCUT2D eigenvalue weighted by molar-refractivity contribution is 5.94.